The second-order valence-electron chi connectivity index (χ2n) is 4.05. The number of alkyl halides is 3. The van der Waals surface area contributed by atoms with Crippen LogP contribution in [0, 0.1) is 5.82 Å². The minimum atomic E-state index is -4.65. The normalized spacial score (nSPS) is 12.2. The molecule has 0 bridgehead atoms. The Bertz CT molecular complexity index is 781. The van der Waals surface area contributed by atoms with E-state index >= 15 is 0 Å². The number of fused-ring (bicyclic) bond motifs is 2. The highest BCUT2D eigenvalue weighted by Crippen LogP contribution is 2.35. The molecule has 0 atom stereocenters. The SMILES string of the molecule is Fc1cc(C(F)(F)F)c2nc3cccnc3cc2c1. The topological polar surface area (TPSA) is 25.8 Å². The van der Waals surface area contributed by atoms with Crippen LogP contribution in [0.15, 0.2) is 36.5 Å². The molecule has 0 fully saturated rings. The molecule has 0 unspecified atom stereocenters. The monoisotopic (exact) mass is 266 g/mol. The van der Waals surface area contributed by atoms with E-state index in [1.807, 2.05) is 0 Å². The molecule has 2 nitrogen and oxygen atoms in total. The Morgan fingerprint density at radius 1 is 1.00 bits per heavy atom. The van der Waals surface area contributed by atoms with Crippen molar-refractivity contribution in [1.29, 1.82) is 0 Å². The van der Waals surface area contributed by atoms with Crippen LogP contribution in [-0.4, -0.2) is 9.97 Å². The third-order valence-corrected chi connectivity index (χ3v) is 2.75. The molecule has 0 saturated heterocycles. The van der Waals surface area contributed by atoms with Gasteiger partial charge in [0.05, 0.1) is 22.1 Å². The molecule has 0 aliphatic heterocycles. The predicted molar refractivity (Wildman–Crippen MR) is 62.0 cm³/mol. The summed E-state index contributed by atoms with van der Waals surface area (Å²) in [6, 6.07) is 6.02. The van der Waals surface area contributed by atoms with Crippen molar-refractivity contribution in [3.05, 3.63) is 47.9 Å². The van der Waals surface area contributed by atoms with Crippen LogP contribution in [0.4, 0.5) is 17.6 Å². The Hall–Kier alpha value is -2.24. The van der Waals surface area contributed by atoms with Crippen LogP contribution in [0.5, 0.6) is 0 Å². The van der Waals surface area contributed by atoms with E-state index in [1.54, 1.807) is 12.1 Å². The molecule has 0 amide bonds. The summed E-state index contributed by atoms with van der Waals surface area (Å²) in [4.78, 5) is 7.92. The zero-order valence-corrected chi connectivity index (χ0v) is 9.37. The summed E-state index contributed by atoms with van der Waals surface area (Å²) in [7, 11) is 0. The Morgan fingerprint density at radius 3 is 2.53 bits per heavy atom. The van der Waals surface area contributed by atoms with Gasteiger partial charge in [-0.3, -0.25) is 4.98 Å². The highest BCUT2D eigenvalue weighted by Gasteiger charge is 2.34. The first kappa shape index (κ1) is 11.8. The van der Waals surface area contributed by atoms with E-state index < -0.39 is 17.6 Å². The molecule has 19 heavy (non-hydrogen) atoms. The molecule has 0 radical (unpaired) electrons. The van der Waals surface area contributed by atoms with Crippen molar-refractivity contribution in [3.63, 3.8) is 0 Å². The molecule has 1 aromatic carbocycles. The van der Waals surface area contributed by atoms with Gasteiger partial charge < -0.3 is 0 Å². The van der Waals surface area contributed by atoms with E-state index in [0.717, 1.165) is 6.07 Å². The minimum Gasteiger partial charge on any atom is -0.255 e. The van der Waals surface area contributed by atoms with Crippen molar-refractivity contribution in [2.75, 3.05) is 0 Å². The Morgan fingerprint density at radius 2 is 1.79 bits per heavy atom. The summed E-state index contributed by atoms with van der Waals surface area (Å²) >= 11 is 0. The van der Waals surface area contributed by atoms with E-state index in [9.17, 15) is 17.6 Å². The summed E-state index contributed by atoms with van der Waals surface area (Å²) in [5, 5.41) is 0.0820. The molecule has 0 N–H and O–H groups in total. The largest absolute Gasteiger partial charge is 0.418 e. The van der Waals surface area contributed by atoms with E-state index in [4.69, 9.17) is 0 Å². The van der Waals surface area contributed by atoms with Crippen LogP contribution in [0.1, 0.15) is 5.56 Å². The molecular formula is C13H6F4N2. The molecule has 2 heterocycles. The van der Waals surface area contributed by atoms with Crippen LogP contribution < -0.4 is 0 Å². The summed E-state index contributed by atoms with van der Waals surface area (Å²) in [5.74, 6) is -0.947. The quantitative estimate of drug-likeness (QED) is 0.455. The minimum absolute atomic E-state index is 0.0820. The number of nitrogens with zero attached hydrogens (tertiary/aromatic N) is 2. The second kappa shape index (κ2) is 3.88. The van der Waals surface area contributed by atoms with E-state index in [1.165, 1.54) is 12.3 Å². The molecule has 0 aliphatic rings. The van der Waals surface area contributed by atoms with Gasteiger partial charge in [-0.05, 0) is 30.3 Å². The molecule has 96 valence electrons. The number of aromatic nitrogens is 2. The molecule has 0 saturated carbocycles. The molecule has 0 aliphatic carbocycles. The van der Waals surface area contributed by atoms with Crippen LogP contribution >= 0.6 is 0 Å². The fraction of sp³-hybridized carbons (Fsp3) is 0.0769. The first-order valence-corrected chi connectivity index (χ1v) is 5.37. The standard InChI is InChI=1S/C13H6F4N2/c14-8-4-7-5-11-10(2-1-3-18-11)19-12(7)9(6-8)13(15,16)17/h1-6H. The average Bonchev–Trinajstić information content (AvgIpc) is 2.34. The van der Waals surface area contributed by atoms with Crippen molar-refractivity contribution in [3.8, 4) is 0 Å². The average molecular weight is 266 g/mol. The zero-order chi connectivity index (χ0) is 13.6. The van der Waals surface area contributed by atoms with Gasteiger partial charge in [-0.1, -0.05) is 0 Å². The first-order valence-electron chi connectivity index (χ1n) is 5.37. The maximum atomic E-state index is 13.3. The molecule has 0 spiro atoms. The highest BCUT2D eigenvalue weighted by atomic mass is 19.4. The predicted octanol–water partition coefficient (Wildman–Crippen LogP) is 3.94. The molecule has 3 rings (SSSR count). The third kappa shape index (κ3) is 1.99. The maximum absolute atomic E-state index is 13.3. The second-order valence-corrected chi connectivity index (χ2v) is 4.05. The lowest BCUT2D eigenvalue weighted by Crippen LogP contribution is -2.07. The zero-order valence-electron chi connectivity index (χ0n) is 9.37. The van der Waals surface area contributed by atoms with Crippen molar-refractivity contribution in [1.82, 2.24) is 9.97 Å². The summed E-state index contributed by atoms with van der Waals surface area (Å²) in [6.07, 6.45) is -3.15. The number of pyridine rings is 2. The maximum Gasteiger partial charge on any atom is 0.418 e. The molecular weight excluding hydrogens is 260 g/mol. The van der Waals surface area contributed by atoms with E-state index in [0.29, 0.717) is 17.1 Å². The number of hydrogen-bond acceptors (Lipinski definition) is 2. The molecule has 2 aromatic heterocycles. The molecule has 6 heteroatoms. The lowest BCUT2D eigenvalue weighted by molar-refractivity contribution is -0.136. The fourth-order valence-corrected chi connectivity index (χ4v) is 1.95. The van der Waals surface area contributed by atoms with Crippen molar-refractivity contribution >= 4 is 21.9 Å². The number of rotatable bonds is 0. The number of benzene rings is 1. The van der Waals surface area contributed by atoms with Gasteiger partial charge in [0.1, 0.15) is 5.82 Å². The van der Waals surface area contributed by atoms with Crippen LogP contribution in [0.25, 0.3) is 21.9 Å². The first-order chi connectivity index (χ1) is 8.95. The highest BCUT2D eigenvalue weighted by molar-refractivity contribution is 5.92. The number of halogens is 4. The van der Waals surface area contributed by atoms with Gasteiger partial charge in [-0.25, -0.2) is 9.37 Å². The lowest BCUT2D eigenvalue weighted by Gasteiger charge is -2.10. The van der Waals surface area contributed by atoms with Crippen molar-refractivity contribution in [2.45, 2.75) is 6.18 Å². The summed E-state index contributed by atoms with van der Waals surface area (Å²) < 4.78 is 51.9. The summed E-state index contributed by atoms with van der Waals surface area (Å²) in [6.45, 7) is 0. The van der Waals surface area contributed by atoms with Crippen molar-refractivity contribution in [2.24, 2.45) is 0 Å². The van der Waals surface area contributed by atoms with Gasteiger partial charge in [0.15, 0.2) is 0 Å². The van der Waals surface area contributed by atoms with Crippen LogP contribution in [0.3, 0.4) is 0 Å². The van der Waals surface area contributed by atoms with Crippen LogP contribution in [0.2, 0.25) is 0 Å². The van der Waals surface area contributed by atoms with Gasteiger partial charge in [0.25, 0.3) is 0 Å². The molecule has 3 aromatic rings. The Balaban J connectivity index is 2.46. The third-order valence-electron chi connectivity index (χ3n) is 2.75. The van der Waals surface area contributed by atoms with Gasteiger partial charge >= 0.3 is 6.18 Å². The van der Waals surface area contributed by atoms with Crippen LogP contribution in [-0.2, 0) is 6.18 Å². The van der Waals surface area contributed by atoms with Gasteiger partial charge in [0.2, 0.25) is 0 Å². The van der Waals surface area contributed by atoms with Crippen molar-refractivity contribution < 1.29 is 17.6 Å². The van der Waals surface area contributed by atoms with Gasteiger partial charge in [-0.2, -0.15) is 13.2 Å². The van der Waals surface area contributed by atoms with E-state index in [2.05, 4.69) is 9.97 Å². The Kier molecular flexibility index (Phi) is 2.41. The smallest absolute Gasteiger partial charge is 0.255 e. The van der Waals surface area contributed by atoms with E-state index in [-0.39, 0.29) is 10.9 Å². The number of hydrogen-bond donors (Lipinski definition) is 0. The summed E-state index contributed by atoms with van der Waals surface area (Å²) in [5.41, 5.74) is -0.580. The van der Waals surface area contributed by atoms with Gasteiger partial charge in [-0.15, -0.1) is 0 Å². The Labute approximate surface area is 104 Å². The van der Waals surface area contributed by atoms with Gasteiger partial charge in [0, 0.05) is 11.6 Å². The fourth-order valence-electron chi connectivity index (χ4n) is 1.95. The lowest BCUT2D eigenvalue weighted by atomic mass is 10.1.